The summed E-state index contributed by atoms with van der Waals surface area (Å²) in [5.41, 5.74) is 5.12. The van der Waals surface area contributed by atoms with E-state index < -0.39 is 0 Å². The maximum absolute atomic E-state index is 15.1. The average Bonchev–Trinajstić information content (AvgIpc) is 2.85. The van der Waals surface area contributed by atoms with Gasteiger partial charge in [-0.15, -0.1) is 0 Å². The van der Waals surface area contributed by atoms with E-state index in [1.807, 2.05) is 30.3 Å². The highest BCUT2D eigenvalue weighted by Crippen LogP contribution is 2.36. The van der Waals surface area contributed by atoms with E-state index >= 15 is 4.39 Å². The number of aryl methyl sites for hydroxylation is 2. The van der Waals surface area contributed by atoms with E-state index in [-0.39, 0.29) is 20.4 Å². The number of rotatable bonds is 9. The second kappa shape index (κ2) is 11.7. The van der Waals surface area contributed by atoms with Crippen LogP contribution in [0.4, 0.5) is 8.78 Å². The van der Waals surface area contributed by atoms with E-state index in [4.69, 9.17) is 0 Å². The van der Waals surface area contributed by atoms with E-state index in [9.17, 15) is 4.39 Å². The van der Waals surface area contributed by atoms with Gasteiger partial charge in [-0.25, -0.2) is 8.78 Å². The zero-order valence-electron chi connectivity index (χ0n) is 19.8. The van der Waals surface area contributed by atoms with Gasteiger partial charge in [0, 0.05) is 14.4 Å². The minimum absolute atomic E-state index is 0.106. The van der Waals surface area contributed by atoms with Crippen LogP contribution in [0.1, 0.15) is 61.6 Å². The van der Waals surface area contributed by atoms with Gasteiger partial charge in [0.2, 0.25) is 0 Å². The summed E-state index contributed by atoms with van der Waals surface area (Å²) in [7, 11) is -0.159. The molecular weight excluding hydrogens is 426 g/mol. The lowest BCUT2D eigenvalue weighted by atomic mass is 9.91. The zero-order valence-corrected chi connectivity index (χ0v) is 20.8. The molecule has 1 heterocycles. The standard InChI is InChI=1S/C30H35F2Si/c1-2-3-4-19-33-20-17-25(18-21-33)27-13-16-29(30(32)22-27)26-11-7-23(8-12-26)5-6-24-9-14-28(31)15-10-24/h7-16,22,25H,2-6,17-21H2,1H3. The number of benzene rings is 3. The highest BCUT2D eigenvalue weighted by Gasteiger charge is 2.24. The first-order valence-electron chi connectivity index (χ1n) is 12.6. The molecule has 3 aromatic rings. The third-order valence-corrected chi connectivity index (χ3v) is 10.2. The van der Waals surface area contributed by atoms with Gasteiger partial charge in [0.1, 0.15) is 11.6 Å². The lowest BCUT2D eigenvalue weighted by Crippen LogP contribution is -2.20. The third kappa shape index (κ3) is 6.63. The highest BCUT2D eigenvalue weighted by molar-refractivity contribution is 6.59. The molecule has 0 bridgehead atoms. The van der Waals surface area contributed by atoms with E-state index in [1.165, 1.54) is 73.5 Å². The fraction of sp³-hybridized carbons (Fsp3) is 0.400. The second-order valence-corrected chi connectivity index (χ2v) is 12.5. The SMILES string of the molecule is CCCCC[Si]1CCC(c2ccc(-c3ccc(CCc4ccc(F)cc4)cc3)c(F)c2)CC1. The van der Waals surface area contributed by atoms with Crippen molar-refractivity contribution in [2.24, 2.45) is 0 Å². The molecule has 4 rings (SSSR count). The van der Waals surface area contributed by atoms with Gasteiger partial charge < -0.3 is 0 Å². The van der Waals surface area contributed by atoms with Gasteiger partial charge in [0.15, 0.2) is 0 Å². The van der Waals surface area contributed by atoms with Gasteiger partial charge in [0.25, 0.3) is 0 Å². The Morgan fingerprint density at radius 2 is 1.42 bits per heavy atom. The van der Waals surface area contributed by atoms with Crippen LogP contribution < -0.4 is 0 Å². The summed E-state index contributed by atoms with van der Waals surface area (Å²) in [6, 6.07) is 25.0. The summed E-state index contributed by atoms with van der Waals surface area (Å²) in [4.78, 5) is 0. The Hall–Kier alpha value is -2.26. The smallest absolute Gasteiger partial charge is 0.131 e. The first kappa shape index (κ1) is 23.9. The molecule has 3 aromatic carbocycles. The van der Waals surface area contributed by atoms with Crippen molar-refractivity contribution in [2.45, 2.75) is 75.9 Å². The molecule has 0 aromatic heterocycles. The molecule has 0 atom stereocenters. The Morgan fingerprint density at radius 1 is 0.788 bits per heavy atom. The third-order valence-electron chi connectivity index (χ3n) is 7.17. The van der Waals surface area contributed by atoms with Crippen LogP contribution in [0, 0.1) is 11.6 Å². The largest absolute Gasteiger partial charge is 0.207 e. The summed E-state index contributed by atoms with van der Waals surface area (Å²) >= 11 is 0. The van der Waals surface area contributed by atoms with Crippen LogP contribution >= 0.6 is 0 Å². The van der Waals surface area contributed by atoms with Crippen LogP contribution in [-0.4, -0.2) is 8.80 Å². The lowest BCUT2D eigenvalue weighted by Gasteiger charge is -2.28. The van der Waals surface area contributed by atoms with Crippen molar-refractivity contribution >= 4 is 8.80 Å². The molecule has 1 aliphatic rings. The normalized spacial score (nSPS) is 15.1. The van der Waals surface area contributed by atoms with Crippen molar-refractivity contribution in [1.29, 1.82) is 0 Å². The van der Waals surface area contributed by atoms with Crippen molar-refractivity contribution in [1.82, 2.24) is 0 Å². The Bertz CT molecular complexity index is 1000. The summed E-state index contributed by atoms with van der Waals surface area (Å²) in [6.45, 7) is 2.27. The molecule has 1 radical (unpaired) electrons. The fourth-order valence-corrected chi connectivity index (χ4v) is 8.06. The van der Waals surface area contributed by atoms with E-state index in [0.29, 0.717) is 11.5 Å². The fourth-order valence-electron chi connectivity index (χ4n) is 5.04. The first-order chi connectivity index (χ1) is 16.1. The van der Waals surface area contributed by atoms with Crippen molar-refractivity contribution in [3.8, 4) is 11.1 Å². The van der Waals surface area contributed by atoms with Crippen LogP contribution in [0.3, 0.4) is 0 Å². The molecule has 0 spiro atoms. The van der Waals surface area contributed by atoms with Crippen molar-refractivity contribution in [2.75, 3.05) is 0 Å². The summed E-state index contributed by atoms with van der Waals surface area (Å²) < 4.78 is 28.1. The van der Waals surface area contributed by atoms with Crippen LogP contribution in [0.5, 0.6) is 0 Å². The highest BCUT2D eigenvalue weighted by atomic mass is 28.3. The Morgan fingerprint density at radius 3 is 2.03 bits per heavy atom. The molecule has 0 unspecified atom stereocenters. The number of unbranched alkanes of at least 4 members (excludes halogenated alkanes) is 2. The van der Waals surface area contributed by atoms with Crippen LogP contribution in [0.25, 0.3) is 11.1 Å². The monoisotopic (exact) mass is 461 g/mol. The van der Waals surface area contributed by atoms with Gasteiger partial charge in [-0.2, -0.15) is 0 Å². The molecule has 0 saturated carbocycles. The predicted molar refractivity (Wildman–Crippen MR) is 137 cm³/mol. The van der Waals surface area contributed by atoms with Crippen LogP contribution in [0.15, 0.2) is 66.7 Å². The minimum Gasteiger partial charge on any atom is -0.207 e. The number of hydrogen-bond donors (Lipinski definition) is 0. The molecule has 1 saturated heterocycles. The Balaban J connectivity index is 1.33. The van der Waals surface area contributed by atoms with E-state index in [2.05, 4.69) is 25.1 Å². The number of hydrogen-bond acceptors (Lipinski definition) is 0. The Labute approximate surface area is 199 Å². The van der Waals surface area contributed by atoms with Crippen molar-refractivity contribution in [3.05, 3.63) is 95.1 Å². The van der Waals surface area contributed by atoms with Gasteiger partial charge in [-0.05, 0) is 72.1 Å². The zero-order chi connectivity index (χ0) is 23.0. The Kier molecular flexibility index (Phi) is 8.50. The molecule has 33 heavy (non-hydrogen) atoms. The van der Waals surface area contributed by atoms with Crippen LogP contribution in [0.2, 0.25) is 18.1 Å². The topological polar surface area (TPSA) is 0 Å². The maximum Gasteiger partial charge on any atom is 0.131 e. The average molecular weight is 462 g/mol. The predicted octanol–water partition coefficient (Wildman–Crippen LogP) is 8.98. The summed E-state index contributed by atoms with van der Waals surface area (Å²) in [6.07, 6.45) is 8.32. The van der Waals surface area contributed by atoms with Crippen LogP contribution in [-0.2, 0) is 12.8 Å². The molecular formula is C30H35F2Si. The molecule has 0 N–H and O–H groups in total. The lowest BCUT2D eigenvalue weighted by molar-refractivity contribution is 0.588. The molecule has 3 heteroatoms. The quantitative estimate of drug-likeness (QED) is 0.220. The first-order valence-corrected chi connectivity index (χ1v) is 14.7. The van der Waals surface area contributed by atoms with Gasteiger partial charge in [-0.3, -0.25) is 0 Å². The second-order valence-electron chi connectivity index (χ2n) is 9.54. The molecule has 0 amide bonds. The molecule has 0 aliphatic carbocycles. The molecule has 0 nitrogen and oxygen atoms in total. The molecule has 173 valence electrons. The molecule has 1 aliphatic heterocycles. The summed E-state index contributed by atoms with van der Waals surface area (Å²) in [5.74, 6) is 0.223. The van der Waals surface area contributed by atoms with E-state index in [0.717, 1.165) is 24.0 Å². The van der Waals surface area contributed by atoms with Crippen molar-refractivity contribution < 1.29 is 8.78 Å². The van der Waals surface area contributed by atoms with Gasteiger partial charge in [0.05, 0.1) is 0 Å². The molecule has 1 fully saturated rings. The minimum atomic E-state index is -0.201. The van der Waals surface area contributed by atoms with E-state index in [1.54, 1.807) is 6.07 Å². The van der Waals surface area contributed by atoms with Crippen molar-refractivity contribution in [3.63, 3.8) is 0 Å². The van der Waals surface area contributed by atoms with Gasteiger partial charge >= 0.3 is 0 Å². The number of halogens is 2. The summed E-state index contributed by atoms with van der Waals surface area (Å²) in [5, 5.41) is 0. The van der Waals surface area contributed by atoms with Gasteiger partial charge in [-0.1, -0.05) is 92.8 Å². The maximum atomic E-state index is 15.1.